The molecule has 6 amide bonds. The third-order valence-electron chi connectivity index (χ3n) is 8.45. The highest BCUT2D eigenvalue weighted by Crippen LogP contribution is 2.14. The van der Waals surface area contributed by atoms with E-state index in [9.17, 15) is 49.1 Å². The van der Waals surface area contributed by atoms with Crippen LogP contribution in [0.3, 0.4) is 0 Å². The van der Waals surface area contributed by atoms with Crippen LogP contribution in [0.1, 0.15) is 65.4 Å². The molecule has 296 valence electrons. The Labute approximate surface area is 313 Å². The van der Waals surface area contributed by atoms with Crippen molar-refractivity contribution >= 4 is 52.9 Å². The molecule has 0 spiro atoms. The summed E-state index contributed by atoms with van der Waals surface area (Å²) in [5.74, 6) is -3.89. The molecule has 10 N–H and O–H groups in total. The Morgan fingerprint density at radius 1 is 0.906 bits per heavy atom. The first-order valence-corrected chi connectivity index (χ1v) is 18.9. The van der Waals surface area contributed by atoms with Crippen molar-refractivity contribution in [2.75, 3.05) is 24.6 Å². The Morgan fingerprint density at radius 2 is 1.51 bits per heavy atom. The maximum absolute atomic E-state index is 13.5. The second kappa shape index (κ2) is 22.7. The predicted octanol–water partition coefficient (Wildman–Crippen LogP) is -1.25. The van der Waals surface area contributed by atoms with Crippen molar-refractivity contribution in [3.63, 3.8) is 0 Å². The summed E-state index contributed by atoms with van der Waals surface area (Å²) in [4.78, 5) is 89.3. The fourth-order valence-corrected chi connectivity index (χ4v) is 6.38. The van der Waals surface area contributed by atoms with Gasteiger partial charge in [0, 0.05) is 30.9 Å². The average Bonchev–Trinajstić information content (AvgIpc) is 3.10. The highest BCUT2D eigenvalue weighted by molar-refractivity contribution is 7.99. The quantitative estimate of drug-likeness (QED) is 0.0705. The molecule has 0 radical (unpaired) electrons. The number of benzene rings is 1. The van der Waals surface area contributed by atoms with Gasteiger partial charge in [0.25, 0.3) is 5.69 Å². The Balaban J connectivity index is 2.12. The SMILES string of the molecule is CC(C)[C@H](NC(=O)[C@@H](NC(=O)[C@@H]1CSCCCCCC(=O)N[C@@H](CCN)C(=O)N1)[C@@H](C)O)C(=O)N[C@H](C(=O)NCCc1ccc([N+](=O)[O-])cc1)[C@@H](C)O. The van der Waals surface area contributed by atoms with Gasteiger partial charge in [0.15, 0.2) is 0 Å². The van der Waals surface area contributed by atoms with E-state index in [1.807, 2.05) is 0 Å². The first kappa shape index (κ1) is 44.8. The van der Waals surface area contributed by atoms with Gasteiger partial charge in [0.1, 0.15) is 30.2 Å². The van der Waals surface area contributed by atoms with Crippen LogP contribution in [-0.4, -0.2) is 118 Å². The van der Waals surface area contributed by atoms with Crippen molar-refractivity contribution < 1.29 is 43.9 Å². The van der Waals surface area contributed by atoms with E-state index in [0.29, 0.717) is 24.2 Å². The molecule has 0 aromatic heterocycles. The summed E-state index contributed by atoms with van der Waals surface area (Å²) < 4.78 is 0. The molecular weight excluding hydrogens is 712 g/mol. The van der Waals surface area contributed by atoms with Crippen molar-refractivity contribution in [2.45, 2.75) is 109 Å². The van der Waals surface area contributed by atoms with Crippen molar-refractivity contribution in [3.8, 4) is 0 Å². The molecule has 1 aromatic carbocycles. The van der Waals surface area contributed by atoms with E-state index < -0.39 is 82.8 Å². The molecule has 53 heavy (non-hydrogen) atoms. The smallest absolute Gasteiger partial charge is 0.269 e. The Kier molecular flexibility index (Phi) is 19.2. The number of amides is 6. The lowest BCUT2D eigenvalue weighted by molar-refractivity contribution is -0.384. The number of aliphatic hydroxyl groups is 2. The number of nitro benzene ring substituents is 1. The first-order valence-electron chi connectivity index (χ1n) is 17.7. The summed E-state index contributed by atoms with van der Waals surface area (Å²) in [5.41, 5.74) is 6.29. The Bertz CT molecular complexity index is 1410. The molecule has 1 aliphatic heterocycles. The van der Waals surface area contributed by atoms with Gasteiger partial charge >= 0.3 is 0 Å². The number of hydrogen-bond donors (Lipinski definition) is 9. The van der Waals surface area contributed by atoms with Gasteiger partial charge in [0.05, 0.1) is 17.1 Å². The Morgan fingerprint density at radius 3 is 2.09 bits per heavy atom. The molecule has 1 aliphatic rings. The predicted molar refractivity (Wildman–Crippen MR) is 197 cm³/mol. The molecule has 1 aromatic rings. The molecule has 0 bridgehead atoms. The number of nitro groups is 1. The van der Waals surface area contributed by atoms with E-state index in [0.717, 1.165) is 12.8 Å². The summed E-state index contributed by atoms with van der Waals surface area (Å²) >= 11 is 1.41. The van der Waals surface area contributed by atoms with Crippen molar-refractivity contribution in [1.29, 1.82) is 0 Å². The molecule has 19 heteroatoms. The van der Waals surface area contributed by atoms with Gasteiger partial charge in [-0.05, 0) is 63.3 Å². The van der Waals surface area contributed by atoms with Crippen LogP contribution < -0.4 is 37.6 Å². The van der Waals surface area contributed by atoms with Crippen molar-refractivity contribution in [3.05, 3.63) is 39.9 Å². The summed E-state index contributed by atoms with van der Waals surface area (Å²) in [5, 5.41) is 47.2. The van der Waals surface area contributed by atoms with E-state index in [-0.39, 0.29) is 43.3 Å². The largest absolute Gasteiger partial charge is 0.391 e. The molecule has 1 fully saturated rings. The fraction of sp³-hybridized carbons (Fsp3) is 0.647. The topological polar surface area (TPSA) is 284 Å². The van der Waals surface area contributed by atoms with Gasteiger partial charge in [0.2, 0.25) is 35.4 Å². The summed E-state index contributed by atoms with van der Waals surface area (Å²) in [6.07, 6.45) is 0.128. The normalized spacial score (nSPS) is 20.0. The maximum atomic E-state index is 13.5. The monoisotopic (exact) mass is 766 g/mol. The van der Waals surface area contributed by atoms with Crippen LogP contribution in [0, 0.1) is 16.0 Å². The van der Waals surface area contributed by atoms with E-state index in [1.165, 1.54) is 37.7 Å². The van der Waals surface area contributed by atoms with Crippen LogP contribution in [0.25, 0.3) is 0 Å². The van der Waals surface area contributed by atoms with Gasteiger partial charge in [-0.2, -0.15) is 11.8 Å². The minimum absolute atomic E-state index is 0.0768. The number of thioether (sulfide) groups is 1. The minimum atomic E-state index is -1.56. The van der Waals surface area contributed by atoms with Gasteiger partial charge in [-0.3, -0.25) is 38.9 Å². The third kappa shape index (κ3) is 15.3. The molecule has 2 rings (SSSR count). The summed E-state index contributed by atoms with van der Waals surface area (Å²) in [7, 11) is 0. The number of nitrogens with zero attached hydrogens (tertiary/aromatic N) is 1. The van der Waals surface area contributed by atoms with E-state index in [4.69, 9.17) is 5.73 Å². The zero-order valence-electron chi connectivity index (χ0n) is 30.6. The minimum Gasteiger partial charge on any atom is -0.391 e. The van der Waals surface area contributed by atoms with Crippen LogP contribution in [0.15, 0.2) is 24.3 Å². The second-order valence-corrected chi connectivity index (χ2v) is 14.4. The molecule has 0 saturated carbocycles. The van der Waals surface area contributed by atoms with Crippen LogP contribution in [0.2, 0.25) is 0 Å². The number of non-ortho nitro benzene ring substituents is 1. The van der Waals surface area contributed by atoms with Gasteiger partial charge in [-0.25, -0.2) is 0 Å². The summed E-state index contributed by atoms with van der Waals surface area (Å²) in [6, 6.07) is -0.579. The van der Waals surface area contributed by atoms with Gasteiger partial charge < -0.3 is 47.8 Å². The zero-order chi connectivity index (χ0) is 39.7. The highest BCUT2D eigenvalue weighted by Gasteiger charge is 2.36. The fourth-order valence-electron chi connectivity index (χ4n) is 5.33. The number of carbonyl (C=O) groups excluding carboxylic acids is 6. The lowest BCUT2D eigenvalue weighted by atomic mass is 10.0. The molecule has 1 heterocycles. The van der Waals surface area contributed by atoms with Crippen LogP contribution in [-0.2, 0) is 35.2 Å². The molecular formula is C34H54N8O10S. The highest BCUT2D eigenvalue weighted by atomic mass is 32.2. The number of hydrogen-bond acceptors (Lipinski definition) is 12. The lowest BCUT2D eigenvalue weighted by Crippen LogP contribution is -2.63. The zero-order valence-corrected chi connectivity index (χ0v) is 31.4. The van der Waals surface area contributed by atoms with Gasteiger partial charge in [-0.1, -0.05) is 32.4 Å². The number of carbonyl (C=O) groups is 6. The number of nitrogens with two attached hydrogens (primary N) is 1. The first-order chi connectivity index (χ1) is 25.0. The number of aliphatic hydroxyl groups excluding tert-OH is 2. The maximum Gasteiger partial charge on any atom is 0.269 e. The van der Waals surface area contributed by atoms with Crippen LogP contribution in [0.4, 0.5) is 5.69 Å². The molecule has 7 atom stereocenters. The molecule has 0 unspecified atom stereocenters. The van der Waals surface area contributed by atoms with Gasteiger partial charge in [-0.15, -0.1) is 0 Å². The molecule has 1 saturated heterocycles. The van der Waals surface area contributed by atoms with Crippen molar-refractivity contribution in [1.82, 2.24) is 31.9 Å². The van der Waals surface area contributed by atoms with E-state index >= 15 is 0 Å². The number of nitrogens with one attached hydrogen (secondary N) is 6. The standard InChI is InChI=1S/C34H54N8O10S/c1-19(2)27(33(49)41-28(20(3)43)32(48)36-16-14-22-9-11-23(12-10-22)42(51)52)39-34(50)29(21(4)44)40-31(47)25-18-53-17-7-5-6-8-26(45)37-24(13-15-35)30(46)38-25/h9-12,19-21,24-25,27-29,43-44H,5-8,13-18,35H2,1-4H3,(H,36,48)(H,37,45)(H,38,46)(H,39,50)(H,40,47)(H,41,49)/t20-,21-,24+,25+,27+,28+,29+/m1/s1. The molecule has 0 aliphatic carbocycles. The average molecular weight is 767 g/mol. The van der Waals surface area contributed by atoms with Crippen molar-refractivity contribution in [2.24, 2.45) is 11.7 Å². The molecule has 18 nitrogen and oxygen atoms in total. The van der Waals surface area contributed by atoms with E-state index in [1.54, 1.807) is 26.0 Å². The Hall–Kier alpha value is -4.33. The van der Waals surface area contributed by atoms with E-state index in [2.05, 4.69) is 31.9 Å². The van der Waals surface area contributed by atoms with Crippen LogP contribution in [0.5, 0.6) is 0 Å². The second-order valence-electron chi connectivity index (χ2n) is 13.3. The lowest BCUT2D eigenvalue weighted by Gasteiger charge is -2.29. The van der Waals surface area contributed by atoms with Crippen LogP contribution >= 0.6 is 11.8 Å². The summed E-state index contributed by atoms with van der Waals surface area (Å²) in [6.45, 7) is 6.02. The third-order valence-corrected chi connectivity index (χ3v) is 9.60. The number of rotatable bonds is 16.